The largest absolute Gasteiger partial charge is 0.384 e. The molecule has 9 nitrogen and oxygen atoms in total. The molecule has 1 aromatic heterocycles. The van der Waals surface area contributed by atoms with Crippen LogP contribution in [0.3, 0.4) is 0 Å². The Labute approximate surface area is 175 Å². The van der Waals surface area contributed by atoms with E-state index in [0.717, 1.165) is 10.1 Å². The highest BCUT2D eigenvalue weighted by molar-refractivity contribution is 6.01. The predicted molar refractivity (Wildman–Crippen MR) is 116 cm³/mol. The molecule has 1 amide bonds. The number of benzene rings is 1. The van der Waals surface area contributed by atoms with Crippen LogP contribution in [-0.4, -0.2) is 51.9 Å². The van der Waals surface area contributed by atoms with Gasteiger partial charge in [0.2, 0.25) is 5.91 Å². The molecule has 0 aliphatic heterocycles. The number of rotatable bonds is 10. The van der Waals surface area contributed by atoms with E-state index in [4.69, 9.17) is 5.73 Å². The number of carbonyl (C=O) groups is 2. The van der Waals surface area contributed by atoms with Crippen molar-refractivity contribution >= 4 is 17.5 Å². The van der Waals surface area contributed by atoms with Crippen molar-refractivity contribution in [2.45, 2.75) is 33.9 Å². The van der Waals surface area contributed by atoms with Crippen molar-refractivity contribution in [3.8, 4) is 0 Å². The lowest BCUT2D eigenvalue weighted by Gasteiger charge is -2.20. The van der Waals surface area contributed by atoms with Crippen molar-refractivity contribution in [3.63, 3.8) is 0 Å². The number of hydrogen-bond acceptors (Lipinski definition) is 6. The van der Waals surface area contributed by atoms with Gasteiger partial charge in [0.05, 0.1) is 19.6 Å². The third-order valence-corrected chi connectivity index (χ3v) is 4.80. The maximum absolute atomic E-state index is 13.0. The lowest BCUT2D eigenvalue weighted by atomic mass is 10.1. The van der Waals surface area contributed by atoms with Gasteiger partial charge in [-0.2, -0.15) is 0 Å². The molecule has 0 spiro atoms. The molecule has 0 fully saturated rings. The molecular formula is C21H29N5O4. The summed E-state index contributed by atoms with van der Waals surface area (Å²) < 4.78 is 2.25. The molecule has 3 N–H and O–H groups in total. The summed E-state index contributed by atoms with van der Waals surface area (Å²) in [4.78, 5) is 52.1. The van der Waals surface area contributed by atoms with Crippen LogP contribution in [0.2, 0.25) is 0 Å². The Bertz CT molecular complexity index is 1010. The molecule has 0 aliphatic carbocycles. The molecule has 0 atom stereocenters. The number of Topliss-reactive ketones (excluding diaryl/α,β-unsaturated/α-hetero) is 1. The van der Waals surface area contributed by atoms with Gasteiger partial charge in [-0.1, -0.05) is 37.3 Å². The minimum absolute atomic E-state index is 0.0294. The van der Waals surface area contributed by atoms with Gasteiger partial charge < -0.3 is 11.1 Å². The Morgan fingerprint density at radius 1 is 1.03 bits per heavy atom. The van der Waals surface area contributed by atoms with Crippen LogP contribution < -0.4 is 22.3 Å². The number of likely N-dealkylation sites (N-methyl/N-ethyl adjacent to an activating group) is 2. The average Bonchev–Trinajstić information content (AvgIpc) is 2.72. The number of anilines is 1. The van der Waals surface area contributed by atoms with Crippen LogP contribution in [-0.2, 0) is 17.9 Å². The number of hydrogen-bond donors (Lipinski definition) is 2. The second-order valence-electron chi connectivity index (χ2n) is 6.84. The van der Waals surface area contributed by atoms with Gasteiger partial charge >= 0.3 is 5.69 Å². The van der Waals surface area contributed by atoms with Gasteiger partial charge in [-0.3, -0.25) is 28.4 Å². The van der Waals surface area contributed by atoms with Gasteiger partial charge in [-0.15, -0.1) is 0 Å². The van der Waals surface area contributed by atoms with Gasteiger partial charge in [0.25, 0.3) is 5.56 Å². The number of ketones is 1. The summed E-state index contributed by atoms with van der Waals surface area (Å²) >= 11 is 0. The molecule has 2 aromatic rings. The Hall–Kier alpha value is -3.20. The van der Waals surface area contributed by atoms with E-state index in [2.05, 4.69) is 5.32 Å². The third-order valence-electron chi connectivity index (χ3n) is 4.80. The van der Waals surface area contributed by atoms with Crippen LogP contribution in [0.5, 0.6) is 0 Å². The van der Waals surface area contributed by atoms with Crippen molar-refractivity contribution in [3.05, 3.63) is 62.3 Å². The highest BCUT2D eigenvalue weighted by Gasteiger charge is 2.24. The second-order valence-corrected chi connectivity index (χ2v) is 6.84. The maximum atomic E-state index is 13.0. The number of nitrogens with zero attached hydrogens (tertiary/aromatic N) is 3. The monoisotopic (exact) mass is 415 g/mol. The van der Waals surface area contributed by atoms with Crippen molar-refractivity contribution in [2.24, 2.45) is 0 Å². The fourth-order valence-corrected chi connectivity index (χ4v) is 3.19. The second kappa shape index (κ2) is 10.5. The van der Waals surface area contributed by atoms with Gasteiger partial charge in [0.1, 0.15) is 11.4 Å². The van der Waals surface area contributed by atoms with Crippen molar-refractivity contribution in [1.29, 1.82) is 0 Å². The molecule has 2 rings (SSSR count). The van der Waals surface area contributed by atoms with E-state index < -0.39 is 17.0 Å². The standard InChI is InChI=1S/C21H29N5O4/c1-4-23-17(28)14-24(5-2)13-16(27)18-19(22)26(12-15-10-8-7-9-11-15)21(30)25(6-3)20(18)29/h7-11H,4-6,12-14,22H2,1-3H3,(H,23,28). The van der Waals surface area contributed by atoms with E-state index in [1.807, 2.05) is 44.2 Å². The van der Waals surface area contributed by atoms with Gasteiger partial charge in [-0.05, 0) is 26.0 Å². The van der Waals surface area contributed by atoms with Crippen molar-refractivity contribution in [2.75, 3.05) is 31.9 Å². The predicted octanol–water partition coefficient (Wildman–Crippen LogP) is 0.301. The van der Waals surface area contributed by atoms with E-state index in [-0.39, 0.29) is 43.5 Å². The first kappa shape index (κ1) is 23.1. The van der Waals surface area contributed by atoms with E-state index in [1.165, 1.54) is 4.57 Å². The normalized spacial score (nSPS) is 10.9. The topological polar surface area (TPSA) is 119 Å². The molecular weight excluding hydrogens is 386 g/mol. The first-order valence-corrected chi connectivity index (χ1v) is 10.0. The zero-order valence-electron chi connectivity index (χ0n) is 17.7. The molecule has 0 bridgehead atoms. The summed E-state index contributed by atoms with van der Waals surface area (Å²) in [6.45, 7) is 6.35. The van der Waals surface area contributed by atoms with Gasteiger partial charge in [0.15, 0.2) is 5.78 Å². The lowest BCUT2D eigenvalue weighted by Crippen LogP contribution is -2.46. The van der Waals surface area contributed by atoms with Crippen molar-refractivity contribution < 1.29 is 9.59 Å². The minimum Gasteiger partial charge on any atom is -0.384 e. The van der Waals surface area contributed by atoms with Crippen LogP contribution in [0.1, 0.15) is 36.7 Å². The molecule has 0 unspecified atom stereocenters. The zero-order chi connectivity index (χ0) is 22.3. The Morgan fingerprint density at radius 3 is 2.27 bits per heavy atom. The number of carbonyl (C=O) groups excluding carboxylic acids is 2. The van der Waals surface area contributed by atoms with Crippen LogP contribution in [0, 0.1) is 0 Å². The number of nitrogen functional groups attached to an aromatic ring is 1. The summed E-state index contributed by atoms with van der Waals surface area (Å²) in [5.41, 5.74) is 5.49. The smallest absolute Gasteiger partial charge is 0.332 e. The van der Waals surface area contributed by atoms with Crippen LogP contribution in [0.15, 0.2) is 39.9 Å². The highest BCUT2D eigenvalue weighted by Crippen LogP contribution is 2.10. The molecule has 0 aliphatic rings. The molecule has 1 aromatic carbocycles. The molecule has 0 saturated heterocycles. The first-order valence-electron chi connectivity index (χ1n) is 10.0. The van der Waals surface area contributed by atoms with Gasteiger partial charge in [0, 0.05) is 13.1 Å². The highest BCUT2D eigenvalue weighted by atomic mass is 16.2. The number of aromatic nitrogens is 2. The van der Waals surface area contributed by atoms with Crippen LogP contribution in [0.25, 0.3) is 0 Å². The Morgan fingerprint density at radius 2 is 1.70 bits per heavy atom. The summed E-state index contributed by atoms with van der Waals surface area (Å²) in [7, 11) is 0. The fourth-order valence-electron chi connectivity index (χ4n) is 3.19. The lowest BCUT2D eigenvalue weighted by molar-refractivity contribution is -0.121. The summed E-state index contributed by atoms with van der Waals surface area (Å²) in [6, 6.07) is 9.18. The van der Waals surface area contributed by atoms with Crippen LogP contribution in [0.4, 0.5) is 5.82 Å². The Balaban J connectivity index is 2.44. The minimum atomic E-state index is -0.705. The fraction of sp³-hybridized carbons (Fsp3) is 0.429. The van der Waals surface area contributed by atoms with E-state index in [1.54, 1.807) is 11.8 Å². The van der Waals surface area contributed by atoms with E-state index in [0.29, 0.717) is 13.1 Å². The van der Waals surface area contributed by atoms with E-state index in [9.17, 15) is 19.2 Å². The molecule has 0 saturated carbocycles. The number of amides is 1. The van der Waals surface area contributed by atoms with Gasteiger partial charge in [-0.25, -0.2) is 4.79 Å². The number of nitrogens with one attached hydrogen (secondary N) is 1. The summed E-state index contributed by atoms with van der Waals surface area (Å²) in [6.07, 6.45) is 0. The summed E-state index contributed by atoms with van der Waals surface area (Å²) in [5.74, 6) is -0.884. The maximum Gasteiger partial charge on any atom is 0.332 e. The SMILES string of the molecule is CCNC(=O)CN(CC)CC(=O)c1c(N)n(Cc2ccccc2)c(=O)n(CC)c1=O. The molecule has 9 heteroatoms. The first-order chi connectivity index (χ1) is 14.3. The quantitative estimate of drug-likeness (QED) is 0.539. The molecule has 0 radical (unpaired) electrons. The number of nitrogens with two attached hydrogens (primary N) is 1. The third kappa shape index (κ3) is 5.24. The van der Waals surface area contributed by atoms with E-state index >= 15 is 0 Å². The zero-order valence-corrected chi connectivity index (χ0v) is 17.7. The molecule has 162 valence electrons. The van der Waals surface area contributed by atoms with Crippen LogP contribution >= 0.6 is 0 Å². The molecule has 1 heterocycles. The van der Waals surface area contributed by atoms with Crippen molar-refractivity contribution in [1.82, 2.24) is 19.4 Å². The summed E-state index contributed by atoms with van der Waals surface area (Å²) in [5, 5.41) is 2.68. The Kier molecular flexibility index (Phi) is 8.11. The molecule has 30 heavy (non-hydrogen) atoms. The average molecular weight is 415 g/mol.